The zero-order valence-corrected chi connectivity index (χ0v) is 13.5. The van der Waals surface area contributed by atoms with Gasteiger partial charge in [0.2, 0.25) is 0 Å². The van der Waals surface area contributed by atoms with Crippen LogP contribution in [0, 0.1) is 19.3 Å². The highest BCUT2D eigenvalue weighted by Crippen LogP contribution is 2.39. The van der Waals surface area contributed by atoms with Crippen molar-refractivity contribution >= 4 is 23.4 Å². The number of Topliss-reactive ketones (excluding diaryl/α,β-unsaturated/α-hetero) is 1. The lowest BCUT2D eigenvalue weighted by Gasteiger charge is -2.17. The minimum Gasteiger partial charge on any atom is -0.352 e. The summed E-state index contributed by atoms with van der Waals surface area (Å²) < 4.78 is 0. The first-order valence-corrected chi connectivity index (χ1v) is 7.13. The second kappa shape index (κ2) is 5.10. The molecule has 1 aromatic rings. The van der Waals surface area contributed by atoms with Crippen molar-refractivity contribution in [2.45, 2.75) is 48.0 Å². The van der Waals surface area contributed by atoms with E-state index in [1.54, 1.807) is 6.92 Å². The van der Waals surface area contributed by atoms with Crippen LogP contribution in [0.2, 0.25) is 0 Å². The minimum atomic E-state index is -0.231. The van der Waals surface area contributed by atoms with Crippen LogP contribution in [0.3, 0.4) is 0 Å². The van der Waals surface area contributed by atoms with Crippen LogP contribution in [0.25, 0.3) is 5.57 Å². The van der Waals surface area contributed by atoms with Crippen molar-refractivity contribution in [1.82, 2.24) is 4.98 Å². The van der Waals surface area contributed by atoms with E-state index in [4.69, 9.17) is 0 Å². The Hall–Kier alpha value is -1.97. The number of carbonyl (C=O) groups excluding carboxylic acids is 2. The number of nitrogens with zero attached hydrogens (tertiary/aromatic N) is 1. The number of aromatic nitrogens is 1. The van der Waals surface area contributed by atoms with Crippen molar-refractivity contribution in [2.75, 3.05) is 0 Å². The quantitative estimate of drug-likeness (QED) is 0.862. The van der Waals surface area contributed by atoms with E-state index in [2.05, 4.69) is 9.98 Å². The fourth-order valence-corrected chi connectivity index (χ4v) is 2.95. The van der Waals surface area contributed by atoms with Gasteiger partial charge < -0.3 is 4.98 Å². The maximum atomic E-state index is 11.7. The summed E-state index contributed by atoms with van der Waals surface area (Å²) in [5, 5.41) is 0. The lowest BCUT2D eigenvalue weighted by atomic mass is 9.83. The Bertz CT molecular complexity index is 688. The van der Waals surface area contributed by atoms with E-state index in [-0.39, 0.29) is 11.2 Å². The number of ketones is 1. The molecule has 4 heteroatoms. The second-order valence-corrected chi connectivity index (χ2v) is 6.43. The molecule has 0 saturated carbocycles. The number of hydrogen-bond acceptors (Lipinski definition) is 3. The van der Waals surface area contributed by atoms with Gasteiger partial charge in [0.05, 0.1) is 11.4 Å². The molecule has 0 spiro atoms. The van der Waals surface area contributed by atoms with Gasteiger partial charge in [0.1, 0.15) is 0 Å². The molecule has 1 N–H and O–H groups in total. The third kappa shape index (κ3) is 2.50. The van der Waals surface area contributed by atoms with Crippen LogP contribution in [0.15, 0.2) is 10.7 Å². The maximum absolute atomic E-state index is 11.7. The highest BCUT2D eigenvalue weighted by molar-refractivity contribution is 6.41. The van der Waals surface area contributed by atoms with Crippen LogP contribution in [0.5, 0.6) is 0 Å². The first kappa shape index (κ1) is 15.4. The van der Waals surface area contributed by atoms with Crippen LogP contribution in [-0.4, -0.2) is 22.8 Å². The number of aromatic amines is 1. The second-order valence-electron chi connectivity index (χ2n) is 6.43. The summed E-state index contributed by atoms with van der Waals surface area (Å²) in [4.78, 5) is 30.5. The van der Waals surface area contributed by atoms with E-state index < -0.39 is 0 Å². The number of aldehydes is 1. The molecule has 0 atom stereocenters. The molecule has 0 unspecified atom stereocenters. The molecule has 0 aromatic carbocycles. The number of carbonyl (C=O) groups is 2. The van der Waals surface area contributed by atoms with E-state index in [0.29, 0.717) is 11.4 Å². The van der Waals surface area contributed by atoms with Crippen molar-refractivity contribution < 1.29 is 9.59 Å². The normalized spacial score (nSPS) is 19.4. The molecule has 112 valence electrons. The van der Waals surface area contributed by atoms with Gasteiger partial charge in [0.15, 0.2) is 12.1 Å². The monoisotopic (exact) mass is 286 g/mol. The summed E-state index contributed by atoms with van der Waals surface area (Å²) in [5.74, 6) is 0.0239. The Morgan fingerprint density at radius 3 is 2.29 bits per heavy atom. The lowest BCUT2D eigenvalue weighted by molar-refractivity contribution is -0.111. The Labute approximate surface area is 125 Å². The number of aliphatic imine (C=N–C) groups is 1. The van der Waals surface area contributed by atoms with Gasteiger partial charge in [-0.25, -0.2) is 0 Å². The van der Waals surface area contributed by atoms with Crippen molar-refractivity contribution in [1.29, 1.82) is 0 Å². The summed E-state index contributed by atoms with van der Waals surface area (Å²) >= 11 is 0. The van der Waals surface area contributed by atoms with Crippen LogP contribution < -0.4 is 0 Å². The molecule has 1 aromatic heterocycles. The summed E-state index contributed by atoms with van der Waals surface area (Å²) in [7, 11) is 0. The highest BCUT2D eigenvalue weighted by atomic mass is 16.1. The molecule has 1 aliphatic heterocycles. The Balaban J connectivity index is 2.56. The van der Waals surface area contributed by atoms with E-state index in [1.165, 1.54) is 0 Å². The fourth-order valence-electron chi connectivity index (χ4n) is 2.95. The van der Waals surface area contributed by atoms with Gasteiger partial charge in [-0.1, -0.05) is 13.8 Å². The molecular weight excluding hydrogens is 264 g/mol. The van der Waals surface area contributed by atoms with Crippen LogP contribution in [-0.2, 0) is 4.79 Å². The molecule has 0 saturated heterocycles. The average molecular weight is 286 g/mol. The standard InChI is InChI=1S/C17H22N2O2/c1-9-10(2)15(18-14(9)8-20)11(3)13-7-17(5,6)16(19-13)12(4)21/h8,18H,7H2,1-6H3. The van der Waals surface area contributed by atoms with Crippen molar-refractivity contribution in [3.63, 3.8) is 0 Å². The first-order chi connectivity index (χ1) is 9.69. The molecule has 4 nitrogen and oxygen atoms in total. The molecule has 2 rings (SSSR count). The van der Waals surface area contributed by atoms with Crippen molar-refractivity contribution in [2.24, 2.45) is 10.4 Å². The van der Waals surface area contributed by atoms with Crippen LogP contribution >= 0.6 is 0 Å². The van der Waals surface area contributed by atoms with E-state index in [9.17, 15) is 9.59 Å². The molecule has 21 heavy (non-hydrogen) atoms. The van der Waals surface area contributed by atoms with Gasteiger partial charge in [-0.15, -0.1) is 0 Å². The predicted molar refractivity (Wildman–Crippen MR) is 84.8 cm³/mol. The largest absolute Gasteiger partial charge is 0.352 e. The first-order valence-electron chi connectivity index (χ1n) is 7.13. The fraction of sp³-hybridized carbons (Fsp3) is 0.471. The number of hydrogen-bond donors (Lipinski definition) is 1. The summed E-state index contributed by atoms with van der Waals surface area (Å²) in [6.07, 6.45) is 1.58. The predicted octanol–water partition coefficient (Wildman–Crippen LogP) is 3.63. The molecule has 0 radical (unpaired) electrons. The third-order valence-electron chi connectivity index (χ3n) is 4.36. The van der Waals surface area contributed by atoms with Gasteiger partial charge >= 0.3 is 0 Å². The highest BCUT2D eigenvalue weighted by Gasteiger charge is 2.35. The van der Waals surface area contributed by atoms with Crippen LogP contribution in [0.4, 0.5) is 0 Å². The Morgan fingerprint density at radius 2 is 1.86 bits per heavy atom. The van der Waals surface area contributed by atoms with E-state index in [0.717, 1.165) is 40.8 Å². The number of allylic oxidation sites excluding steroid dienone is 2. The lowest BCUT2D eigenvalue weighted by Crippen LogP contribution is -2.25. The zero-order valence-electron chi connectivity index (χ0n) is 13.5. The van der Waals surface area contributed by atoms with E-state index >= 15 is 0 Å². The SMILES string of the molecule is CC(=O)C1=NC(=C(C)c2[nH]c(C=O)c(C)c2C)CC1(C)C. The summed E-state index contributed by atoms with van der Waals surface area (Å²) in [5.41, 5.74) is 5.91. The molecular formula is C17H22N2O2. The van der Waals surface area contributed by atoms with Crippen molar-refractivity contribution in [3.05, 3.63) is 28.2 Å². The smallest absolute Gasteiger partial charge is 0.174 e. The van der Waals surface area contributed by atoms with Gasteiger partial charge in [0.25, 0.3) is 0 Å². The zero-order chi connectivity index (χ0) is 15.9. The molecule has 0 bridgehead atoms. The molecule has 0 amide bonds. The van der Waals surface area contributed by atoms with Gasteiger partial charge in [0, 0.05) is 30.2 Å². The molecule has 0 fully saturated rings. The summed E-state index contributed by atoms with van der Waals surface area (Å²) in [6, 6.07) is 0. The molecule has 0 aliphatic carbocycles. The Kier molecular flexibility index (Phi) is 3.74. The summed E-state index contributed by atoms with van der Waals surface area (Å²) in [6.45, 7) is 11.6. The average Bonchev–Trinajstić information content (AvgIpc) is 2.87. The third-order valence-corrected chi connectivity index (χ3v) is 4.36. The van der Waals surface area contributed by atoms with Crippen LogP contribution in [0.1, 0.15) is 61.4 Å². The number of H-pyrrole nitrogens is 1. The molecule has 2 heterocycles. The van der Waals surface area contributed by atoms with Crippen molar-refractivity contribution in [3.8, 4) is 0 Å². The topological polar surface area (TPSA) is 62.3 Å². The van der Waals surface area contributed by atoms with Gasteiger partial charge in [-0.3, -0.25) is 14.6 Å². The van der Waals surface area contributed by atoms with Gasteiger partial charge in [-0.2, -0.15) is 0 Å². The minimum absolute atomic E-state index is 0.0239. The Morgan fingerprint density at radius 1 is 1.24 bits per heavy atom. The van der Waals surface area contributed by atoms with Gasteiger partial charge in [-0.05, 0) is 37.5 Å². The number of nitrogens with one attached hydrogen (secondary N) is 1. The number of rotatable bonds is 3. The van der Waals surface area contributed by atoms with E-state index in [1.807, 2.05) is 34.6 Å². The molecule has 1 aliphatic rings. The maximum Gasteiger partial charge on any atom is 0.174 e.